The number of amides is 1. The molecule has 2 aromatic rings. The van der Waals surface area contributed by atoms with Gasteiger partial charge in [0.2, 0.25) is 15.9 Å². The molecule has 0 radical (unpaired) electrons. The minimum absolute atomic E-state index is 0.0599. The van der Waals surface area contributed by atoms with Crippen molar-refractivity contribution < 1.29 is 17.9 Å². The first-order valence-electron chi connectivity index (χ1n) is 9.16. The number of carbonyl (C=O) groups is 1. The number of rotatable bonds is 7. The second-order valence-electron chi connectivity index (χ2n) is 6.62. The highest BCUT2D eigenvalue weighted by molar-refractivity contribution is 7.89. The number of nitrogens with one attached hydrogen (secondary N) is 1. The second kappa shape index (κ2) is 9.18. The molecule has 0 spiro atoms. The Kier molecular flexibility index (Phi) is 6.66. The smallest absolute Gasteiger partial charge is 0.243 e. The first-order chi connectivity index (χ1) is 13.5. The molecule has 3 rings (SSSR count). The van der Waals surface area contributed by atoms with E-state index in [9.17, 15) is 13.2 Å². The minimum Gasteiger partial charge on any atom is -0.497 e. The molecule has 0 saturated carbocycles. The van der Waals surface area contributed by atoms with E-state index < -0.39 is 10.0 Å². The summed E-state index contributed by atoms with van der Waals surface area (Å²) >= 11 is 0. The molecule has 0 aliphatic carbocycles. The van der Waals surface area contributed by atoms with Crippen LogP contribution in [0.3, 0.4) is 0 Å². The van der Waals surface area contributed by atoms with E-state index in [2.05, 4.69) is 5.32 Å². The highest BCUT2D eigenvalue weighted by Gasteiger charge is 2.29. The van der Waals surface area contributed by atoms with Gasteiger partial charge in [-0.15, -0.1) is 0 Å². The molecule has 1 heterocycles. The Morgan fingerprint density at radius 3 is 2.25 bits per heavy atom. The Morgan fingerprint density at radius 2 is 1.64 bits per heavy atom. The fourth-order valence-corrected chi connectivity index (χ4v) is 4.50. The largest absolute Gasteiger partial charge is 0.497 e. The Hall–Kier alpha value is -2.42. The first-order valence-corrected chi connectivity index (χ1v) is 10.6. The molecule has 150 valence electrons. The van der Waals surface area contributed by atoms with E-state index in [1.54, 1.807) is 31.4 Å². The number of sulfonamides is 1. The Morgan fingerprint density at radius 1 is 1.00 bits per heavy atom. The summed E-state index contributed by atoms with van der Waals surface area (Å²) in [4.78, 5) is 14.4. The van der Waals surface area contributed by atoms with Crippen LogP contribution in [0.15, 0.2) is 59.5 Å². The van der Waals surface area contributed by atoms with E-state index in [-0.39, 0.29) is 17.3 Å². The summed E-state index contributed by atoms with van der Waals surface area (Å²) in [6, 6.07) is 16.1. The van der Waals surface area contributed by atoms with Gasteiger partial charge < -0.3 is 10.1 Å². The zero-order valence-electron chi connectivity index (χ0n) is 15.9. The lowest BCUT2D eigenvalue weighted by Crippen LogP contribution is -2.50. The number of hydrogen-bond acceptors (Lipinski definition) is 5. The fourth-order valence-electron chi connectivity index (χ4n) is 3.08. The maximum atomic E-state index is 12.8. The molecule has 0 atom stereocenters. The topological polar surface area (TPSA) is 79.0 Å². The third kappa shape index (κ3) is 5.09. The molecule has 0 bridgehead atoms. The molecule has 1 N–H and O–H groups in total. The van der Waals surface area contributed by atoms with Crippen LogP contribution in [0.5, 0.6) is 5.75 Å². The Labute approximate surface area is 166 Å². The van der Waals surface area contributed by atoms with Gasteiger partial charge in [-0.2, -0.15) is 4.31 Å². The zero-order chi connectivity index (χ0) is 20.0. The first kappa shape index (κ1) is 20.3. The SMILES string of the molecule is COc1ccc(S(=O)(=O)N2CCN(CC(=O)NCc3ccccc3)CC2)cc1. The van der Waals surface area contributed by atoms with Gasteiger partial charge in [0.15, 0.2) is 0 Å². The number of carbonyl (C=O) groups excluding carboxylic acids is 1. The van der Waals surface area contributed by atoms with Gasteiger partial charge in [0.25, 0.3) is 0 Å². The number of benzene rings is 2. The van der Waals surface area contributed by atoms with Crippen LogP contribution in [0.1, 0.15) is 5.56 Å². The summed E-state index contributed by atoms with van der Waals surface area (Å²) in [5.41, 5.74) is 1.05. The van der Waals surface area contributed by atoms with Crippen LogP contribution in [-0.4, -0.2) is 63.4 Å². The molecular weight excluding hydrogens is 378 g/mol. The van der Waals surface area contributed by atoms with Crippen molar-refractivity contribution in [1.82, 2.24) is 14.5 Å². The zero-order valence-corrected chi connectivity index (χ0v) is 16.7. The summed E-state index contributed by atoms with van der Waals surface area (Å²) in [6.07, 6.45) is 0. The maximum absolute atomic E-state index is 12.8. The van der Waals surface area contributed by atoms with Gasteiger partial charge >= 0.3 is 0 Å². The van der Waals surface area contributed by atoms with Crippen LogP contribution in [0.25, 0.3) is 0 Å². The summed E-state index contributed by atoms with van der Waals surface area (Å²) in [7, 11) is -1.99. The van der Waals surface area contributed by atoms with Crippen LogP contribution in [0.4, 0.5) is 0 Å². The third-order valence-electron chi connectivity index (χ3n) is 4.73. The molecule has 2 aromatic carbocycles. The highest BCUT2D eigenvalue weighted by Crippen LogP contribution is 2.20. The van der Waals surface area contributed by atoms with Gasteiger partial charge in [-0.05, 0) is 29.8 Å². The van der Waals surface area contributed by atoms with Crippen LogP contribution in [0.2, 0.25) is 0 Å². The Bertz CT molecular complexity index is 877. The fraction of sp³-hybridized carbons (Fsp3) is 0.350. The van der Waals surface area contributed by atoms with Crippen molar-refractivity contribution in [2.24, 2.45) is 0 Å². The number of hydrogen-bond donors (Lipinski definition) is 1. The van der Waals surface area contributed by atoms with Gasteiger partial charge in [0, 0.05) is 32.7 Å². The number of nitrogens with zero attached hydrogens (tertiary/aromatic N) is 2. The molecule has 7 nitrogen and oxygen atoms in total. The van der Waals surface area contributed by atoms with Crippen LogP contribution in [0, 0.1) is 0 Å². The summed E-state index contributed by atoms with van der Waals surface area (Å²) in [5.74, 6) is 0.556. The Balaban J connectivity index is 1.48. The minimum atomic E-state index is -3.53. The molecule has 8 heteroatoms. The quantitative estimate of drug-likeness (QED) is 0.754. The highest BCUT2D eigenvalue weighted by atomic mass is 32.2. The van der Waals surface area contributed by atoms with E-state index in [4.69, 9.17) is 4.74 Å². The second-order valence-corrected chi connectivity index (χ2v) is 8.56. The molecule has 1 aliphatic heterocycles. The lowest BCUT2D eigenvalue weighted by atomic mass is 10.2. The molecule has 28 heavy (non-hydrogen) atoms. The van der Waals surface area contributed by atoms with Gasteiger partial charge in [-0.1, -0.05) is 30.3 Å². The summed E-state index contributed by atoms with van der Waals surface area (Å²) in [5, 5.41) is 2.90. The lowest BCUT2D eigenvalue weighted by Gasteiger charge is -2.33. The molecule has 0 aromatic heterocycles. The average Bonchev–Trinajstić information content (AvgIpc) is 2.73. The predicted octanol–water partition coefficient (Wildman–Crippen LogP) is 1.32. The number of piperazine rings is 1. The molecule has 0 unspecified atom stereocenters. The van der Waals surface area contributed by atoms with Gasteiger partial charge in [-0.3, -0.25) is 9.69 Å². The van der Waals surface area contributed by atoms with E-state index in [0.29, 0.717) is 38.5 Å². The van der Waals surface area contributed by atoms with Crippen molar-refractivity contribution in [2.45, 2.75) is 11.4 Å². The van der Waals surface area contributed by atoms with Crippen LogP contribution < -0.4 is 10.1 Å². The van der Waals surface area contributed by atoms with Gasteiger partial charge in [0.1, 0.15) is 5.75 Å². The van der Waals surface area contributed by atoms with Crippen molar-refractivity contribution in [2.75, 3.05) is 39.8 Å². The molecule has 1 aliphatic rings. The molecule has 1 amide bonds. The van der Waals surface area contributed by atoms with E-state index in [1.165, 1.54) is 4.31 Å². The lowest BCUT2D eigenvalue weighted by molar-refractivity contribution is -0.122. The van der Waals surface area contributed by atoms with Crippen molar-refractivity contribution in [1.29, 1.82) is 0 Å². The van der Waals surface area contributed by atoms with Crippen molar-refractivity contribution in [3.63, 3.8) is 0 Å². The van der Waals surface area contributed by atoms with Crippen molar-refractivity contribution >= 4 is 15.9 Å². The summed E-state index contributed by atoms with van der Waals surface area (Å²) < 4.78 is 32.1. The van der Waals surface area contributed by atoms with E-state index in [1.807, 2.05) is 35.2 Å². The van der Waals surface area contributed by atoms with Crippen molar-refractivity contribution in [3.05, 3.63) is 60.2 Å². The molecule has 1 saturated heterocycles. The molecule has 1 fully saturated rings. The van der Waals surface area contributed by atoms with E-state index >= 15 is 0 Å². The monoisotopic (exact) mass is 403 g/mol. The third-order valence-corrected chi connectivity index (χ3v) is 6.64. The van der Waals surface area contributed by atoms with Crippen LogP contribution >= 0.6 is 0 Å². The average molecular weight is 404 g/mol. The molecular formula is C20H25N3O4S. The normalized spacial score (nSPS) is 15.9. The number of methoxy groups -OCH3 is 1. The van der Waals surface area contributed by atoms with Crippen molar-refractivity contribution in [3.8, 4) is 5.75 Å². The van der Waals surface area contributed by atoms with E-state index in [0.717, 1.165) is 5.56 Å². The standard InChI is InChI=1S/C20H25N3O4S/c1-27-18-7-9-19(10-8-18)28(25,26)23-13-11-22(12-14-23)16-20(24)21-15-17-5-3-2-4-6-17/h2-10H,11-16H2,1H3,(H,21,24). The summed E-state index contributed by atoms with van der Waals surface area (Å²) in [6.45, 7) is 2.53. The van der Waals surface area contributed by atoms with Crippen LogP contribution in [-0.2, 0) is 21.4 Å². The van der Waals surface area contributed by atoms with Gasteiger partial charge in [-0.25, -0.2) is 8.42 Å². The maximum Gasteiger partial charge on any atom is 0.243 e. The van der Waals surface area contributed by atoms with Gasteiger partial charge in [0.05, 0.1) is 18.6 Å². The number of ether oxygens (including phenoxy) is 1. The predicted molar refractivity (Wildman–Crippen MR) is 106 cm³/mol.